The second-order valence-electron chi connectivity index (χ2n) is 5.07. The minimum atomic E-state index is 0.0182. The predicted molar refractivity (Wildman–Crippen MR) is 84.1 cm³/mol. The lowest BCUT2D eigenvalue weighted by molar-refractivity contribution is 0.255. The number of rotatable bonds is 3. The van der Waals surface area contributed by atoms with Gasteiger partial charge in [0.1, 0.15) is 0 Å². The van der Waals surface area contributed by atoms with Crippen LogP contribution >= 0.6 is 0 Å². The summed E-state index contributed by atoms with van der Waals surface area (Å²) in [4.78, 5) is 2.40. The summed E-state index contributed by atoms with van der Waals surface area (Å²) in [5.74, 6) is 6.43. The number of likely N-dealkylation sites (tertiary alicyclic amines) is 1. The molecule has 3 heteroatoms. The van der Waals surface area contributed by atoms with E-state index >= 15 is 0 Å². The van der Waals surface area contributed by atoms with Crippen molar-refractivity contribution in [1.29, 1.82) is 0 Å². The molecule has 1 aromatic rings. The lowest BCUT2D eigenvalue weighted by Crippen LogP contribution is -2.29. The molecule has 1 heterocycles. The van der Waals surface area contributed by atoms with E-state index < -0.39 is 0 Å². The zero-order valence-corrected chi connectivity index (χ0v) is 11.8. The van der Waals surface area contributed by atoms with E-state index in [4.69, 9.17) is 10.8 Å². The van der Waals surface area contributed by atoms with Crippen LogP contribution in [0.2, 0.25) is 0 Å². The van der Waals surface area contributed by atoms with E-state index in [9.17, 15) is 0 Å². The first-order valence-corrected chi connectivity index (χ1v) is 7.18. The standard InChI is InChI=1S/C17H22N2O/c18-17-9-8-15(14-16(17)7-5-13-20)6-4-12-19-10-2-1-3-11-19/h5,7-9,14,20H,1-3,10-13,18H2/b7-5+. The van der Waals surface area contributed by atoms with Crippen LogP contribution < -0.4 is 5.73 Å². The molecule has 0 bridgehead atoms. The van der Waals surface area contributed by atoms with Crippen molar-refractivity contribution < 1.29 is 5.11 Å². The molecule has 3 N–H and O–H groups in total. The van der Waals surface area contributed by atoms with Crippen molar-refractivity contribution >= 4 is 11.8 Å². The number of hydrogen-bond acceptors (Lipinski definition) is 3. The molecule has 0 aliphatic carbocycles. The SMILES string of the molecule is Nc1ccc(C#CCN2CCCCC2)cc1/C=C/CO. The number of hydrogen-bond donors (Lipinski definition) is 2. The summed E-state index contributed by atoms with van der Waals surface area (Å²) in [6.45, 7) is 3.19. The number of piperidine rings is 1. The third-order valence-corrected chi connectivity index (χ3v) is 3.47. The number of nitrogens with two attached hydrogens (primary N) is 1. The van der Waals surface area contributed by atoms with E-state index in [2.05, 4.69) is 16.7 Å². The van der Waals surface area contributed by atoms with Crippen molar-refractivity contribution in [3.8, 4) is 11.8 Å². The van der Waals surface area contributed by atoms with Gasteiger partial charge in [0.2, 0.25) is 0 Å². The normalized spacial score (nSPS) is 16.1. The molecule has 3 nitrogen and oxygen atoms in total. The highest BCUT2D eigenvalue weighted by Gasteiger charge is 2.07. The van der Waals surface area contributed by atoms with Crippen LogP contribution in [0.15, 0.2) is 24.3 Å². The van der Waals surface area contributed by atoms with Crippen molar-refractivity contribution in [2.24, 2.45) is 0 Å². The Hall–Kier alpha value is -1.76. The van der Waals surface area contributed by atoms with Crippen LogP contribution in [0.4, 0.5) is 5.69 Å². The van der Waals surface area contributed by atoms with Gasteiger partial charge < -0.3 is 10.8 Å². The first-order chi connectivity index (χ1) is 9.79. The molecule has 0 saturated carbocycles. The fourth-order valence-electron chi connectivity index (χ4n) is 2.35. The van der Waals surface area contributed by atoms with Crippen molar-refractivity contribution in [1.82, 2.24) is 4.90 Å². The van der Waals surface area contributed by atoms with Gasteiger partial charge in [-0.2, -0.15) is 0 Å². The summed E-state index contributed by atoms with van der Waals surface area (Å²) >= 11 is 0. The maximum atomic E-state index is 8.81. The minimum absolute atomic E-state index is 0.0182. The molecule has 1 aliphatic rings. The molecule has 1 aromatic carbocycles. The zero-order chi connectivity index (χ0) is 14.2. The van der Waals surface area contributed by atoms with Crippen LogP contribution in [0.1, 0.15) is 30.4 Å². The van der Waals surface area contributed by atoms with E-state index in [1.54, 1.807) is 6.08 Å². The molecule has 1 saturated heterocycles. The van der Waals surface area contributed by atoms with Crippen LogP contribution in [0.5, 0.6) is 0 Å². The van der Waals surface area contributed by atoms with Crippen LogP contribution in [0.25, 0.3) is 6.08 Å². The maximum absolute atomic E-state index is 8.81. The molecule has 0 amide bonds. The summed E-state index contributed by atoms with van der Waals surface area (Å²) in [5.41, 5.74) is 8.46. The number of nitrogens with zero attached hydrogens (tertiary/aromatic N) is 1. The van der Waals surface area contributed by atoms with Crippen LogP contribution in [-0.2, 0) is 0 Å². The van der Waals surface area contributed by atoms with Crippen LogP contribution in [-0.4, -0.2) is 36.2 Å². The molecule has 20 heavy (non-hydrogen) atoms. The third kappa shape index (κ3) is 4.41. The smallest absolute Gasteiger partial charge is 0.0615 e. The highest BCUT2D eigenvalue weighted by molar-refractivity contribution is 5.66. The third-order valence-electron chi connectivity index (χ3n) is 3.47. The molecular weight excluding hydrogens is 248 g/mol. The van der Waals surface area contributed by atoms with Gasteiger partial charge in [-0.05, 0) is 49.7 Å². The molecule has 0 atom stereocenters. The summed E-state index contributed by atoms with van der Waals surface area (Å²) in [7, 11) is 0. The maximum Gasteiger partial charge on any atom is 0.0615 e. The van der Waals surface area contributed by atoms with Gasteiger partial charge >= 0.3 is 0 Å². The molecule has 0 aromatic heterocycles. The quantitative estimate of drug-likeness (QED) is 0.653. The predicted octanol–water partition coefficient (Wildman–Crippen LogP) is 2.11. The van der Waals surface area contributed by atoms with Gasteiger partial charge in [0.25, 0.3) is 0 Å². The Bertz CT molecular complexity index is 520. The Morgan fingerprint density at radius 2 is 2.05 bits per heavy atom. The summed E-state index contributed by atoms with van der Waals surface area (Å²) in [6.07, 6.45) is 7.43. The first-order valence-electron chi connectivity index (χ1n) is 7.18. The highest BCUT2D eigenvalue weighted by atomic mass is 16.2. The summed E-state index contributed by atoms with van der Waals surface area (Å²) in [5, 5.41) is 8.81. The number of aliphatic hydroxyl groups excluding tert-OH is 1. The molecule has 106 valence electrons. The first kappa shape index (κ1) is 14.6. The lowest BCUT2D eigenvalue weighted by atomic mass is 10.1. The Labute approximate surface area is 121 Å². The van der Waals surface area contributed by atoms with Crippen molar-refractivity contribution in [2.75, 3.05) is 32.0 Å². The Morgan fingerprint density at radius 1 is 1.25 bits per heavy atom. The molecule has 0 spiro atoms. The summed E-state index contributed by atoms with van der Waals surface area (Å²) < 4.78 is 0. The van der Waals surface area contributed by atoms with Gasteiger partial charge in [-0.15, -0.1) is 0 Å². The topological polar surface area (TPSA) is 49.5 Å². The average molecular weight is 270 g/mol. The van der Waals surface area contributed by atoms with E-state index in [-0.39, 0.29) is 6.61 Å². The van der Waals surface area contributed by atoms with Gasteiger partial charge in [-0.3, -0.25) is 4.90 Å². The van der Waals surface area contributed by atoms with E-state index in [1.165, 1.54) is 32.4 Å². The Kier molecular flexibility index (Phi) is 5.67. The largest absolute Gasteiger partial charge is 0.398 e. The molecule has 2 rings (SSSR count). The molecular formula is C17H22N2O. The zero-order valence-electron chi connectivity index (χ0n) is 11.8. The van der Waals surface area contributed by atoms with Gasteiger partial charge in [0.15, 0.2) is 0 Å². The van der Waals surface area contributed by atoms with Gasteiger partial charge in [-0.25, -0.2) is 0 Å². The molecule has 0 radical (unpaired) electrons. The number of nitrogen functional groups attached to an aromatic ring is 1. The molecule has 1 fully saturated rings. The van der Waals surface area contributed by atoms with Crippen molar-refractivity contribution in [3.63, 3.8) is 0 Å². The molecule has 1 aliphatic heterocycles. The summed E-state index contributed by atoms with van der Waals surface area (Å²) in [6, 6.07) is 5.77. The molecule has 0 unspecified atom stereocenters. The van der Waals surface area contributed by atoms with Crippen molar-refractivity contribution in [2.45, 2.75) is 19.3 Å². The number of anilines is 1. The van der Waals surface area contributed by atoms with Gasteiger partial charge in [-0.1, -0.05) is 30.4 Å². The van der Waals surface area contributed by atoms with E-state index in [1.807, 2.05) is 24.3 Å². The van der Waals surface area contributed by atoms with Gasteiger partial charge in [0, 0.05) is 11.3 Å². The van der Waals surface area contributed by atoms with E-state index in [0.717, 1.165) is 17.7 Å². The Balaban J connectivity index is 2.00. The highest BCUT2D eigenvalue weighted by Crippen LogP contribution is 2.15. The fraction of sp³-hybridized carbons (Fsp3) is 0.412. The van der Waals surface area contributed by atoms with Crippen LogP contribution in [0.3, 0.4) is 0 Å². The van der Waals surface area contributed by atoms with Crippen molar-refractivity contribution in [3.05, 3.63) is 35.4 Å². The van der Waals surface area contributed by atoms with E-state index in [0.29, 0.717) is 5.69 Å². The number of aliphatic hydroxyl groups is 1. The second kappa shape index (κ2) is 7.74. The monoisotopic (exact) mass is 270 g/mol. The second-order valence-corrected chi connectivity index (χ2v) is 5.07. The van der Waals surface area contributed by atoms with Gasteiger partial charge in [0.05, 0.1) is 13.2 Å². The average Bonchev–Trinajstić information content (AvgIpc) is 2.49. The Morgan fingerprint density at radius 3 is 2.80 bits per heavy atom. The number of benzene rings is 1. The van der Waals surface area contributed by atoms with Crippen LogP contribution in [0, 0.1) is 11.8 Å². The lowest BCUT2D eigenvalue weighted by Gasteiger charge is -2.23. The fourth-order valence-corrected chi connectivity index (χ4v) is 2.35. The minimum Gasteiger partial charge on any atom is -0.398 e.